The average Bonchev–Trinajstić information content (AvgIpc) is 3.26. The molecule has 2 saturated heterocycles. The highest BCUT2D eigenvalue weighted by Gasteiger charge is 2.47. The second-order valence-electron chi connectivity index (χ2n) is 8.05. The van der Waals surface area contributed by atoms with E-state index in [-0.39, 0.29) is 0 Å². The molecule has 2 aliphatic heterocycles. The van der Waals surface area contributed by atoms with Gasteiger partial charge in [-0.25, -0.2) is 0 Å². The molecule has 3 heterocycles. The molecule has 0 N–H and O–H groups in total. The molecule has 0 amide bonds. The lowest BCUT2D eigenvalue weighted by molar-refractivity contribution is 0.137. The first-order valence-corrected chi connectivity index (χ1v) is 10.7. The van der Waals surface area contributed by atoms with Crippen LogP contribution in [0.15, 0.2) is 54.6 Å². The largest absolute Gasteiger partial charge is 0.300 e. The van der Waals surface area contributed by atoms with Crippen LogP contribution in [-0.4, -0.2) is 34.2 Å². The van der Waals surface area contributed by atoms with Gasteiger partial charge in [0.2, 0.25) is 0 Å². The van der Waals surface area contributed by atoms with Gasteiger partial charge in [-0.05, 0) is 44.7 Å². The van der Waals surface area contributed by atoms with E-state index < -0.39 is 0 Å². The highest BCUT2D eigenvalue weighted by Crippen LogP contribution is 2.51. The summed E-state index contributed by atoms with van der Waals surface area (Å²) in [5, 5.41) is 11.5. The normalized spacial score (nSPS) is 27.8. The van der Waals surface area contributed by atoms with Crippen LogP contribution < -0.4 is 0 Å². The lowest BCUT2D eigenvalue weighted by Crippen LogP contribution is -2.44. The molecule has 0 spiro atoms. The average molecular weight is 376 g/mol. The third-order valence-electron chi connectivity index (χ3n) is 6.52. The van der Waals surface area contributed by atoms with Crippen molar-refractivity contribution in [3.63, 3.8) is 0 Å². The summed E-state index contributed by atoms with van der Waals surface area (Å²) in [6.07, 6.45) is 3.81. The summed E-state index contributed by atoms with van der Waals surface area (Å²) >= 11 is 1.78. The number of hydrogen-bond acceptors (Lipinski definition) is 4. The lowest BCUT2D eigenvalue weighted by atomic mass is 9.76. The smallest absolute Gasteiger partial charge is 0.147 e. The van der Waals surface area contributed by atoms with Gasteiger partial charge in [-0.3, -0.25) is 4.90 Å². The van der Waals surface area contributed by atoms with Crippen LogP contribution in [0.2, 0.25) is 0 Å². The van der Waals surface area contributed by atoms with Crippen LogP contribution in [0.3, 0.4) is 0 Å². The summed E-state index contributed by atoms with van der Waals surface area (Å²) in [7, 11) is 2.31. The van der Waals surface area contributed by atoms with E-state index in [0.717, 1.165) is 5.01 Å². The number of aromatic nitrogens is 2. The third kappa shape index (κ3) is 3.01. The third-order valence-corrected chi connectivity index (χ3v) is 7.59. The summed E-state index contributed by atoms with van der Waals surface area (Å²) in [4.78, 5) is 2.61. The second kappa shape index (κ2) is 6.84. The van der Waals surface area contributed by atoms with Gasteiger partial charge in [0.1, 0.15) is 10.0 Å². The molecule has 3 aromatic rings. The van der Waals surface area contributed by atoms with Gasteiger partial charge in [0, 0.05) is 23.6 Å². The fourth-order valence-electron chi connectivity index (χ4n) is 5.03. The Bertz CT molecular complexity index is 918. The molecule has 5 rings (SSSR count). The van der Waals surface area contributed by atoms with E-state index in [1.165, 1.54) is 41.0 Å². The van der Waals surface area contributed by atoms with Gasteiger partial charge >= 0.3 is 0 Å². The fourth-order valence-corrected chi connectivity index (χ4v) is 6.10. The van der Waals surface area contributed by atoms with E-state index in [4.69, 9.17) is 5.10 Å². The monoisotopic (exact) mass is 375 g/mol. The standard InChI is InChI=1S/C23H25N3S/c1-15-8-10-16(11-9-15)19-14-18-12-13-20(26(18)2)21(19)23-25-24-22(27-23)17-6-4-3-5-7-17/h3-11,18-21H,12-14H2,1-2H3/t18?,19-,20?,21+/m1/s1. The first-order valence-electron chi connectivity index (χ1n) is 9.88. The van der Waals surface area contributed by atoms with Crippen molar-refractivity contribution in [2.24, 2.45) is 0 Å². The Morgan fingerprint density at radius 2 is 1.74 bits per heavy atom. The first-order chi connectivity index (χ1) is 13.2. The number of nitrogens with zero attached hydrogens (tertiary/aromatic N) is 3. The minimum absolute atomic E-state index is 0.436. The quantitative estimate of drug-likeness (QED) is 0.626. The molecule has 0 radical (unpaired) electrons. The number of piperidine rings is 1. The molecule has 2 aliphatic rings. The number of benzene rings is 2. The van der Waals surface area contributed by atoms with Crippen molar-refractivity contribution in [1.82, 2.24) is 15.1 Å². The van der Waals surface area contributed by atoms with Gasteiger partial charge in [0.15, 0.2) is 0 Å². The summed E-state index contributed by atoms with van der Waals surface area (Å²) in [6, 6.07) is 20.9. The SMILES string of the molecule is Cc1ccc([C@H]2CC3CCC([C@H]2c2nnc(-c4ccccc4)s2)N3C)cc1. The predicted octanol–water partition coefficient (Wildman–Crippen LogP) is 5.25. The highest BCUT2D eigenvalue weighted by atomic mass is 32.1. The Kier molecular flexibility index (Phi) is 4.33. The van der Waals surface area contributed by atoms with Crippen molar-refractivity contribution in [2.75, 3.05) is 7.05 Å². The Morgan fingerprint density at radius 1 is 0.963 bits per heavy atom. The zero-order chi connectivity index (χ0) is 18.4. The fraction of sp³-hybridized carbons (Fsp3) is 0.391. The maximum Gasteiger partial charge on any atom is 0.147 e. The lowest BCUT2D eigenvalue weighted by Gasteiger charge is -2.42. The molecular weight excluding hydrogens is 350 g/mol. The summed E-state index contributed by atoms with van der Waals surface area (Å²) in [5.74, 6) is 0.974. The Balaban J connectivity index is 1.54. The van der Waals surface area contributed by atoms with E-state index in [1.54, 1.807) is 11.3 Å². The molecule has 138 valence electrons. The number of rotatable bonds is 3. The Hall–Kier alpha value is -2.04. The van der Waals surface area contributed by atoms with Crippen LogP contribution in [-0.2, 0) is 0 Å². The summed E-state index contributed by atoms with van der Waals surface area (Å²) < 4.78 is 0. The Morgan fingerprint density at radius 3 is 2.52 bits per heavy atom. The van der Waals surface area contributed by atoms with Crippen molar-refractivity contribution >= 4 is 11.3 Å². The van der Waals surface area contributed by atoms with Crippen LogP contribution in [0.1, 0.15) is 47.2 Å². The molecule has 27 heavy (non-hydrogen) atoms. The number of likely N-dealkylation sites (N-methyl/N-ethyl adjacent to an activating group) is 1. The molecule has 2 bridgehead atoms. The number of hydrogen-bond donors (Lipinski definition) is 0. The molecular formula is C23H25N3S. The van der Waals surface area contributed by atoms with Crippen molar-refractivity contribution in [2.45, 2.75) is 50.1 Å². The minimum atomic E-state index is 0.436. The zero-order valence-corrected chi connectivity index (χ0v) is 16.7. The van der Waals surface area contributed by atoms with Crippen molar-refractivity contribution in [3.8, 4) is 10.6 Å². The predicted molar refractivity (Wildman–Crippen MR) is 111 cm³/mol. The van der Waals surface area contributed by atoms with Crippen LogP contribution in [0.25, 0.3) is 10.6 Å². The molecule has 0 aliphatic carbocycles. The van der Waals surface area contributed by atoms with E-state index in [2.05, 4.69) is 72.5 Å². The van der Waals surface area contributed by atoms with Crippen LogP contribution in [0.5, 0.6) is 0 Å². The van der Waals surface area contributed by atoms with Crippen LogP contribution >= 0.6 is 11.3 Å². The first kappa shape index (κ1) is 17.1. The van der Waals surface area contributed by atoms with Gasteiger partial charge in [0.25, 0.3) is 0 Å². The number of aryl methyl sites for hydroxylation is 1. The highest BCUT2D eigenvalue weighted by molar-refractivity contribution is 7.14. The summed E-state index contributed by atoms with van der Waals surface area (Å²) in [6.45, 7) is 2.16. The van der Waals surface area contributed by atoms with Gasteiger partial charge in [-0.15, -0.1) is 10.2 Å². The second-order valence-corrected chi connectivity index (χ2v) is 9.06. The van der Waals surface area contributed by atoms with Gasteiger partial charge in [-0.1, -0.05) is 71.5 Å². The maximum atomic E-state index is 4.70. The zero-order valence-electron chi connectivity index (χ0n) is 15.9. The van der Waals surface area contributed by atoms with Gasteiger partial charge in [0.05, 0.1) is 0 Å². The van der Waals surface area contributed by atoms with E-state index in [9.17, 15) is 0 Å². The van der Waals surface area contributed by atoms with E-state index >= 15 is 0 Å². The van der Waals surface area contributed by atoms with Crippen molar-refractivity contribution in [1.29, 1.82) is 0 Å². The van der Waals surface area contributed by atoms with Crippen molar-refractivity contribution in [3.05, 3.63) is 70.7 Å². The summed E-state index contributed by atoms with van der Waals surface area (Å²) in [5.41, 5.74) is 3.96. The maximum absolute atomic E-state index is 4.70. The number of fused-ring (bicyclic) bond motifs is 2. The molecule has 4 atom stereocenters. The van der Waals surface area contributed by atoms with Gasteiger partial charge < -0.3 is 0 Å². The molecule has 4 heteroatoms. The van der Waals surface area contributed by atoms with Crippen LogP contribution in [0, 0.1) is 6.92 Å². The Labute approximate surface area is 165 Å². The molecule has 0 saturated carbocycles. The molecule has 2 fully saturated rings. The molecule has 1 aromatic heterocycles. The topological polar surface area (TPSA) is 29.0 Å². The van der Waals surface area contributed by atoms with E-state index in [1.807, 2.05) is 6.07 Å². The minimum Gasteiger partial charge on any atom is -0.300 e. The van der Waals surface area contributed by atoms with E-state index in [0.29, 0.717) is 23.9 Å². The van der Waals surface area contributed by atoms with Gasteiger partial charge in [-0.2, -0.15) is 0 Å². The van der Waals surface area contributed by atoms with Crippen LogP contribution in [0.4, 0.5) is 0 Å². The molecule has 2 aromatic carbocycles. The van der Waals surface area contributed by atoms with Crippen molar-refractivity contribution < 1.29 is 0 Å². The molecule has 2 unspecified atom stereocenters. The molecule has 3 nitrogen and oxygen atoms in total.